The van der Waals surface area contributed by atoms with E-state index in [0.717, 1.165) is 11.1 Å². The third-order valence-electron chi connectivity index (χ3n) is 5.02. The Kier molecular flexibility index (Phi) is 6.22. The van der Waals surface area contributed by atoms with E-state index in [4.69, 9.17) is 18.6 Å². The van der Waals surface area contributed by atoms with Gasteiger partial charge in [0.2, 0.25) is 0 Å². The van der Waals surface area contributed by atoms with Crippen LogP contribution in [0.15, 0.2) is 27.4 Å². The fourth-order valence-corrected chi connectivity index (χ4v) is 3.63. The normalized spacial score (nSPS) is 19.2. The first kappa shape index (κ1) is 20.9. The van der Waals surface area contributed by atoms with Gasteiger partial charge < -0.3 is 23.5 Å². The van der Waals surface area contributed by atoms with E-state index in [-0.39, 0.29) is 19.1 Å². The van der Waals surface area contributed by atoms with Gasteiger partial charge in [0, 0.05) is 12.6 Å². The number of aryl methyl sites for hydroxylation is 2. The van der Waals surface area contributed by atoms with Crippen LogP contribution in [0.2, 0.25) is 0 Å². The average Bonchev–Trinajstić information content (AvgIpc) is 2.69. The van der Waals surface area contributed by atoms with E-state index >= 15 is 0 Å². The molecular weight excluding hydrogens is 378 g/mol. The number of esters is 1. The number of hydrogen-bond donors (Lipinski definition) is 0. The molecule has 1 fully saturated rings. The molecule has 0 unspecified atom stereocenters. The lowest BCUT2D eigenvalue weighted by atomic mass is 10.0. The summed E-state index contributed by atoms with van der Waals surface area (Å²) < 4.78 is 21.5. The Labute approximate surface area is 168 Å². The predicted molar refractivity (Wildman–Crippen MR) is 105 cm³/mol. The van der Waals surface area contributed by atoms with Crippen LogP contribution in [0.4, 0.5) is 0 Å². The van der Waals surface area contributed by atoms with Crippen molar-refractivity contribution in [3.63, 3.8) is 0 Å². The molecule has 1 aliphatic heterocycles. The zero-order valence-electron chi connectivity index (χ0n) is 17.0. The molecule has 3 rings (SSSR count). The largest absolute Gasteiger partial charge is 0.483 e. The molecule has 2 heterocycles. The monoisotopic (exact) mass is 403 g/mol. The molecule has 0 aliphatic carbocycles. The summed E-state index contributed by atoms with van der Waals surface area (Å²) >= 11 is 0. The quantitative estimate of drug-likeness (QED) is 0.555. The molecule has 0 spiro atoms. The first-order valence-corrected chi connectivity index (χ1v) is 9.54. The number of carbonyl (C=O) groups is 2. The second-order valence-corrected chi connectivity index (χ2v) is 7.00. The molecule has 0 N–H and O–H groups in total. The summed E-state index contributed by atoms with van der Waals surface area (Å²) in [5.74, 6) is -0.410. The minimum atomic E-state index is -0.816. The summed E-state index contributed by atoms with van der Waals surface area (Å²) in [6.07, 6.45) is 0.141. The SMILES string of the molecule is CCc1cc(=O)oc2cc(C)cc(OCC(=O)N3CCO[C@H](C)[C@H]3C(=O)OC)c12. The fraction of sp³-hybridized carbons (Fsp3) is 0.476. The Morgan fingerprint density at radius 1 is 1.28 bits per heavy atom. The van der Waals surface area contributed by atoms with E-state index < -0.39 is 23.7 Å². The fourth-order valence-electron chi connectivity index (χ4n) is 3.63. The molecule has 0 saturated carbocycles. The van der Waals surface area contributed by atoms with Crippen molar-refractivity contribution in [3.05, 3.63) is 39.7 Å². The van der Waals surface area contributed by atoms with Crippen molar-refractivity contribution < 1.29 is 28.2 Å². The Morgan fingerprint density at radius 3 is 2.72 bits per heavy atom. The van der Waals surface area contributed by atoms with Crippen LogP contribution in [-0.2, 0) is 25.5 Å². The Morgan fingerprint density at radius 2 is 2.03 bits per heavy atom. The molecule has 1 saturated heterocycles. The van der Waals surface area contributed by atoms with Crippen molar-refractivity contribution in [2.24, 2.45) is 0 Å². The van der Waals surface area contributed by atoms with Gasteiger partial charge in [0.1, 0.15) is 11.3 Å². The number of ether oxygens (including phenoxy) is 3. The summed E-state index contributed by atoms with van der Waals surface area (Å²) in [4.78, 5) is 38.2. The molecule has 0 radical (unpaired) electrons. The van der Waals surface area contributed by atoms with E-state index in [0.29, 0.717) is 29.7 Å². The number of fused-ring (bicyclic) bond motifs is 1. The maximum absolute atomic E-state index is 12.8. The Bertz CT molecular complexity index is 981. The lowest BCUT2D eigenvalue weighted by Crippen LogP contribution is -2.57. The molecule has 8 heteroatoms. The summed E-state index contributed by atoms with van der Waals surface area (Å²) in [6, 6.07) is 4.18. The number of benzene rings is 1. The zero-order valence-corrected chi connectivity index (χ0v) is 17.0. The molecule has 2 aromatic rings. The number of carbonyl (C=O) groups excluding carboxylic acids is 2. The van der Waals surface area contributed by atoms with Gasteiger partial charge in [0.05, 0.1) is 25.2 Å². The van der Waals surface area contributed by atoms with Crippen molar-refractivity contribution in [1.29, 1.82) is 0 Å². The highest BCUT2D eigenvalue weighted by molar-refractivity contribution is 5.89. The van der Waals surface area contributed by atoms with Gasteiger partial charge in [-0.1, -0.05) is 6.92 Å². The molecule has 156 valence electrons. The Balaban J connectivity index is 1.87. The third-order valence-corrected chi connectivity index (χ3v) is 5.02. The maximum atomic E-state index is 12.8. The van der Waals surface area contributed by atoms with Crippen molar-refractivity contribution in [3.8, 4) is 5.75 Å². The summed E-state index contributed by atoms with van der Waals surface area (Å²) in [6.45, 7) is 5.85. The van der Waals surface area contributed by atoms with Crippen LogP contribution in [0, 0.1) is 6.92 Å². The smallest absolute Gasteiger partial charge is 0.336 e. The van der Waals surface area contributed by atoms with Gasteiger partial charge in [-0.3, -0.25) is 4.79 Å². The molecule has 1 aromatic heterocycles. The van der Waals surface area contributed by atoms with Gasteiger partial charge in [0.15, 0.2) is 12.6 Å². The molecule has 1 aliphatic rings. The molecule has 8 nitrogen and oxygen atoms in total. The van der Waals surface area contributed by atoms with Gasteiger partial charge in [-0.15, -0.1) is 0 Å². The predicted octanol–water partition coefficient (Wildman–Crippen LogP) is 1.83. The van der Waals surface area contributed by atoms with Crippen LogP contribution < -0.4 is 10.4 Å². The molecule has 29 heavy (non-hydrogen) atoms. The summed E-state index contributed by atoms with van der Waals surface area (Å²) in [5.41, 5.74) is 1.62. The molecule has 1 amide bonds. The Hall–Kier alpha value is -2.87. The van der Waals surface area contributed by atoms with Gasteiger partial charge in [-0.05, 0) is 43.5 Å². The van der Waals surface area contributed by atoms with Crippen molar-refractivity contribution in [2.45, 2.75) is 39.3 Å². The summed E-state index contributed by atoms with van der Waals surface area (Å²) in [5, 5.41) is 0.672. The summed E-state index contributed by atoms with van der Waals surface area (Å²) in [7, 11) is 1.28. The topological polar surface area (TPSA) is 95.3 Å². The van der Waals surface area contributed by atoms with E-state index in [1.54, 1.807) is 19.1 Å². The minimum Gasteiger partial charge on any atom is -0.483 e. The van der Waals surface area contributed by atoms with Crippen molar-refractivity contribution in [2.75, 3.05) is 26.9 Å². The average molecular weight is 403 g/mol. The van der Waals surface area contributed by atoms with Crippen LogP contribution in [0.5, 0.6) is 5.75 Å². The highest BCUT2D eigenvalue weighted by atomic mass is 16.5. The third kappa shape index (κ3) is 4.27. The van der Waals surface area contributed by atoms with Crippen LogP contribution in [0.3, 0.4) is 0 Å². The first-order chi connectivity index (χ1) is 13.8. The van der Waals surface area contributed by atoms with E-state index in [1.165, 1.54) is 18.1 Å². The molecule has 1 aromatic carbocycles. The van der Waals surface area contributed by atoms with E-state index in [2.05, 4.69) is 0 Å². The molecule has 2 atom stereocenters. The van der Waals surface area contributed by atoms with Gasteiger partial charge in [-0.25, -0.2) is 9.59 Å². The van der Waals surface area contributed by atoms with E-state index in [9.17, 15) is 14.4 Å². The van der Waals surface area contributed by atoms with Crippen molar-refractivity contribution >= 4 is 22.8 Å². The highest BCUT2D eigenvalue weighted by Gasteiger charge is 2.38. The van der Waals surface area contributed by atoms with Crippen molar-refractivity contribution in [1.82, 2.24) is 4.90 Å². The lowest BCUT2D eigenvalue weighted by Gasteiger charge is -2.37. The van der Waals surface area contributed by atoms with Crippen LogP contribution in [-0.4, -0.2) is 55.8 Å². The molecular formula is C21H25NO7. The number of methoxy groups -OCH3 is 1. The number of nitrogens with zero attached hydrogens (tertiary/aromatic N) is 1. The van der Waals surface area contributed by atoms with E-state index in [1.807, 2.05) is 13.8 Å². The second-order valence-electron chi connectivity index (χ2n) is 7.00. The van der Waals surface area contributed by atoms with Crippen LogP contribution >= 0.6 is 0 Å². The number of hydrogen-bond acceptors (Lipinski definition) is 7. The standard InChI is InChI=1S/C21H25NO7/c1-5-14-10-18(24)29-16-9-12(2)8-15(19(14)16)28-11-17(23)22-6-7-27-13(3)20(22)21(25)26-4/h8-10,13,20H,5-7,11H2,1-4H3/t13-,20+/m1/s1. The zero-order chi connectivity index (χ0) is 21.1. The molecule has 0 bridgehead atoms. The first-order valence-electron chi connectivity index (χ1n) is 9.54. The van der Waals surface area contributed by atoms with Crippen LogP contribution in [0.25, 0.3) is 11.0 Å². The van der Waals surface area contributed by atoms with Gasteiger partial charge in [-0.2, -0.15) is 0 Å². The number of amides is 1. The number of morpholine rings is 1. The maximum Gasteiger partial charge on any atom is 0.336 e. The van der Waals surface area contributed by atoms with Gasteiger partial charge >= 0.3 is 11.6 Å². The highest BCUT2D eigenvalue weighted by Crippen LogP contribution is 2.30. The minimum absolute atomic E-state index is 0.263. The number of rotatable bonds is 5. The van der Waals surface area contributed by atoms with Crippen LogP contribution in [0.1, 0.15) is 25.0 Å². The lowest BCUT2D eigenvalue weighted by molar-refractivity contribution is -0.168. The van der Waals surface area contributed by atoms with Gasteiger partial charge in [0.25, 0.3) is 5.91 Å². The second kappa shape index (κ2) is 8.65.